The molecule has 2 amide bonds. The molecule has 4 nitrogen and oxygen atoms in total. The summed E-state index contributed by atoms with van der Waals surface area (Å²) in [6.45, 7) is 10.3. The van der Waals surface area contributed by atoms with Crippen molar-refractivity contribution in [3.8, 4) is 0 Å². The highest BCUT2D eigenvalue weighted by Crippen LogP contribution is 2.16. The van der Waals surface area contributed by atoms with Gasteiger partial charge in [-0.2, -0.15) is 0 Å². The molecule has 2 aromatic carbocycles. The summed E-state index contributed by atoms with van der Waals surface area (Å²) in [6, 6.07) is 15.6. The van der Waals surface area contributed by atoms with Gasteiger partial charge in [-0.05, 0) is 45.2 Å². The molecule has 0 aliphatic rings. The van der Waals surface area contributed by atoms with Crippen molar-refractivity contribution in [1.29, 1.82) is 0 Å². The third-order valence-electron chi connectivity index (χ3n) is 4.73. The van der Waals surface area contributed by atoms with Crippen LogP contribution >= 0.6 is 0 Å². The summed E-state index contributed by atoms with van der Waals surface area (Å²) >= 11 is 0. The zero-order valence-electron chi connectivity index (χ0n) is 17.7. The lowest BCUT2D eigenvalue weighted by atomic mass is 10.0. The molecule has 1 N–H and O–H groups in total. The molecule has 2 rings (SSSR count). The van der Waals surface area contributed by atoms with Gasteiger partial charge in [-0.25, -0.2) is 0 Å². The van der Waals surface area contributed by atoms with Crippen molar-refractivity contribution in [2.75, 3.05) is 0 Å². The SMILES string of the molecule is CCC(C(=O)NC(C)C)N(Cc1cccc(C)c1)C(=O)Cc1ccc(C)cc1. The molecule has 0 saturated heterocycles. The summed E-state index contributed by atoms with van der Waals surface area (Å²) in [5, 5.41) is 2.96. The summed E-state index contributed by atoms with van der Waals surface area (Å²) < 4.78 is 0. The second kappa shape index (κ2) is 10.1. The Kier molecular flexibility index (Phi) is 7.80. The molecule has 0 radical (unpaired) electrons. The lowest BCUT2D eigenvalue weighted by Gasteiger charge is -2.31. The van der Waals surface area contributed by atoms with Crippen LogP contribution < -0.4 is 5.32 Å². The number of amides is 2. The van der Waals surface area contributed by atoms with E-state index < -0.39 is 6.04 Å². The molecule has 4 heteroatoms. The van der Waals surface area contributed by atoms with Gasteiger partial charge in [0.25, 0.3) is 0 Å². The monoisotopic (exact) mass is 380 g/mol. The van der Waals surface area contributed by atoms with E-state index in [1.165, 1.54) is 0 Å². The maximum Gasteiger partial charge on any atom is 0.243 e. The molecular weight excluding hydrogens is 348 g/mol. The smallest absolute Gasteiger partial charge is 0.243 e. The summed E-state index contributed by atoms with van der Waals surface area (Å²) in [7, 11) is 0. The largest absolute Gasteiger partial charge is 0.352 e. The second-order valence-corrected chi connectivity index (χ2v) is 7.76. The number of carbonyl (C=O) groups excluding carboxylic acids is 2. The van der Waals surface area contributed by atoms with Gasteiger partial charge in [0.2, 0.25) is 11.8 Å². The van der Waals surface area contributed by atoms with Crippen molar-refractivity contribution >= 4 is 11.8 Å². The van der Waals surface area contributed by atoms with Gasteiger partial charge in [-0.1, -0.05) is 66.6 Å². The van der Waals surface area contributed by atoms with Crippen molar-refractivity contribution in [1.82, 2.24) is 10.2 Å². The number of aryl methyl sites for hydroxylation is 2. The second-order valence-electron chi connectivity index (χ2n) is 7.76. The molecule has 1 atom stereocenters. The number of hydrogen-bond acceptors (Lipinski definition) is 2. The van der Waals surface area contributed by atoms with Crippen molar-refractivity contribution < 1.29 is 9.59 Å². The van der Waals surface area contributed by atoms with E-state index >= 15 is 0 Å². The van der Waals surface area contributed by atoms with Crippen LogP contribution in [0.1, 0.15) is 49.4 Å². The molecule has 1 unspecified atom stereocenters. The quantitative estimate of drug-likeness (QED) is 0.747. The summed E-state index contributed by atoms with van der Waals surface area (Å²) in [4.78, 5) is 27.7. The topological polar surface area (TPSA) is 49.4 Å². The van der Waals surface area contributed by atoms with Crippen LogP contribution in [0.25, 0.3) is 0 Å². The number of hydrogen-bond donors (Lipinski definition) is 1. The van der Waals surface area contributed by atoms with Crippen molar-refractivity contribution in [2.24, 2.45) is 0 Å². The van der Waals surface area contributed by atoms with Gasteiger partial charge < -0.3 is 10.2 Å². The molecule has 0 aliphatic carbocycles. The average Bonchev–Trinajstić information content (AvgIpc) is 2.63. The van der Waals surface area contributed by atoms with E-state index in [0.29, 0.717) is 13.0 Å². The number of nitrogens with one attached hydrogen (secondary N) is 1. The zero-order valence-corrected chi connectivity index (χ0v) is 17.7. The van der Waals surface area contributed by atoms with Crippen LogP contribution in [0.5, 0.6) is 0 Å². The Morgan fingerprint density at radius 2 is 1.64 bits per heavy atom. The minimum absolute atomic E-state index is 0.0314. The summed E-state index contributed by atoms with van der Waals surface area (Å²) in [5.41, 5.74) is 4.30. The molecule has 0 heterocycles. The predicted molar refractivity (Wildman–Crippen MR) is 114 cm³/mol. The Morgan fingerprint density at radius 3 is 2.21 bits per heavy atom. The molecule has 0 bridgehead atoms. The van der Waals surface area contributed by atoms with Gasteiger partial charge in [0.05, 0.1) is 6.42 Å². The van der Waals surface area contributed by atoms with E-state index in [0.717, 1.165) is 22.3 Å². The van der Waals surface area contributed by atoms with Gasteiger partial charge in [-0.3, -0.25) is 9.59 Å². The first kappa shape index (κ1) is 21.7. The number of nitrogens with zero attached hydrogens (tertiary/aromatic N) is 1. The molecule has 0 fully saturated rings. The minimum atomic E-state index is -0.485. The van der Waals surface area contributed by atoms with Crippen molar-refractivity contribution in [3.05, 3.63) is 70.8 Å². The zero-order chi connectivity index (χ0) is 20.7. The molecule has 28 heavy (non-hydrogen) atoms. The van der Waals surface area contributed by atoms with Gasteiger partial charge in [0.15, 0.2) is 0 Å². The van der Waals surface area contributed by atoms with Crippen LogP contribution in [0.4, 0.5) is 0 Å². The first-order valence-electron chi connectivity index (χ1n) is 10.0. The van der Waals surface area contributed by atoms with Gasteiger partial charge in [-0.15, -0.1) is 0 Å². The first-order chi connectivity index (χ1) is 13.3. The molecular formula is C24H32N2O2. The third kappa shape index (κ3) is 6.22. The standard InChI is InChI=1S/C24H32N2O2/c1-6-22(24(28)25-17(2)3)26(16-21-9-7-8-19(5)14-21)23(27)15-20-12-10-18(4)11-13-20/h7-14,17,22H,6,15-16H2,1-5H3,(H,25,28). The fourth-order valence-corrected chi connectivity index (χ4v) is 3.29. The van der Waals surface area contributed by atoms with Crippen LogP contribution in [-0.2, 0) is 22.6 Å². The fraction of sp³-hybridized carbons (Fsp3) is 0.417. The minimum Gasteiger partial charge on any atom is -0.352 e. The molecule has 0 saturated carbocycles. The van der Waals surface area contributed by atoms with E-state index in [-0.39, 0.29) is 24.3 Å². The van der Waals surface area contributed by atoms with Crippen LogP contribution in [0.2, 0.25) is 0 Å². The Labute approximate surface area is 169 Å². The van der Waals surface area contributed by atoms with E-state index in [1.54, 1.807) is 4.90 Å². The Hall–Kier alpha value is -2.62. The van der Waals surface area contributed by atoms with Crippen molar-refractivity contribution in [3.63, 3.8) is 0 Å². The third-order valence-corrected chi connectivity index (χ3v) is 4.73. The lowest BCUT2D eigenvalue weighted by Crippen LogP contribution is -2.50. The summed E-state index contributed by atoms with van der Waals surface area (Å²) in [5.74, 6) is -0.126. The maximum absolute atomic E-state index is 13.2. The number of rotatable bonds is 8. The van der Waals surface area contributed by atoms with Crippen LogP contribution in [0.3, 0.4) is 0 Å². The first-order valence-corrected chi connectivity index (χ1v) is 10.0. The normalized spacial score (nSPS) is 11.9. The van der Waals surface area contributed by atoms with Gasteiger partial charge in [0, 0.05) is 12.6 Å². The number of carbonyl (C=O) groups is 2. The molecule has 0 aromatic heterocycles. The van der Waals surface area contributed by atoms with Crippen LogP contribution in [0, 0.1) is 13.8 Å². The van der Waals surface area contributed by atoms with Crippen LogP contribution in [0.15, 0.2) is 48.5 Å². The molecule has 0 aliphatic heterocycles. The Bertz CT molecular complexity index is 797. The Morgan fingerprint density at radius 1 is 0.964 bits per heavy atom. The van der Waals surface area contributed by atoms with E-state index in [9.17, 15) is 9.59 Å². The van der Waals surface area contributed by atoms with E-state index in [2.05, 4.69) is 11.4 Å². The highest BCUT2D eigenvalue weighted by molar-refractivity contribution is 5.88. The van der Waals surface area contributed by atoms with E-state index in [4.69, 9.17) is 0 Å². The fourth-order valence-electron chi connectivity index (χ4n) is 3.29. The molecule has 150 valence electrons. The Balaban J connectivity index is 2.28. The highest BCUT2D eigenvalue weighted by atomic mass is 16.2. The molecule has 2 aromatic rings. The lowest BCUT2D eigenvalue weighted by molar-refractivity contribution is -0.141. The average molecular weight is 381 g/mol. The van der Waals surface area contributed by atoms with Crippen molar-refractivity contribution in [2.45, 2.75) is 66.1 Å². The molecule has 0 spiro atoms. The van der Waals surface area contributed by atoms with Gasteiger partial charge in [0.1, 0.15) is 6.04 Å². The van der Waals surface area contributed by atoms with Crippen LogP contribution in [-0.4, -0.2) is 28.8 Å². The van der Waals surface area contributed by atoms with Gasteiger partial charge >= 0.3 is 0 Å². The number of benzene rings is 2. The van der Waals surface area contributed by atoms with E-state index in [1.807, 2.05) is 77.1 Å². The predicted octanol–water partition coefficient (Wildman–Crippen LogP) is 4.18. The summed E-state index contributed by atoms with van der Waals surface area (Å²) in [6.07, 6.45) is 0.863. The maximum atomic E-state index is 13.2. The highest BCUT2D eigenvalue weighted by Gasteiger charge is 2.28.